The minimum Gasteiger partial charge on any atom is -0.439 e. The van der Waals surface area contributed by atoms with Crippen molar-refractivity contribution in [1.29, 1.82) is 0 Å². The van der Waals surface area contributed by atoms with Crippen LogP contribution in [0.15, 0.2) is 36.7 Å². The van der Waals surface area contributed by atoms with Crippen molar-refractivity contribution >= 4 is 11.7 Å². The predicted octanol–water partition coefficient (Wildman–Crippen LogP) is 0.653. The largest absolute Gasteiger partial charge is 0.439 e. The van der Waals surface area contributed by atoms with E-state index in [0.717, 1.165) is 0 Å². The number of ether oxygens (including phenoxy) is 1. The van der Waals surface area contributed by atoms with Gasteiger partial charge in [0.15, 0.2) is 0 Å². The molecule has 92 valence electrons. The minimum absolute atomic E-state index is 0.338. The number of aromatic nitrogens is 2. The number of hydrazine groups is 1. The lowest BCUT2D eigenvalue weighted by Gasteiger charge is -2.05. The van der Waals surface area contributed by atoms with E-state index in [-0.39, 0.29) is 0 Å². The summed E-state index contributed by atoms with van der Waals surface area (Å²) >= 11 is 0. The van der Waals surface area contributed by atoms with Gasteiger partial charge in [0.2, 0.25) is 11.8 Å². The Bertz CT molecular complexity index is 556. The van der Waals surface area contributed by atoms with E-state index in [9.17, 15) is 4.79 Å². The molecule has 0 saturated carbocycles. The standard InChI is InChI=1S/C11H11N5O2/c12-11(17)7-1-3-8(4-2-7)18-10-5-9(16-13)14-6-15-10/h1-6H,13H2,(H2,12,17)(H,14,15,16). The van der Waals surface area contributed by atoms with Gasteiger partial charge in [-0.3, -0.25) is 4.79 Å². The highest BCUT2D eigenvalue weighted by Gasteiger charge is 2.03. The van der Waals surface area contributed by atoms with Crippen LogP contribution in [-0.2, 0) is 0 Å². The minimum atomic E-state index is -0.488. The SMILES string of the molecule is NNc1cc(Oc2ccc(C(N)=O)cc2)ncn1. The van der Waals surface area contributed by atoms with Gasteiger partial charge in [0.05, 0.1) is 0 Å². The van der Waals surface area contributed by atoms with E-state index in [2.05, 4.69) is 15.4 Å². The number of carbonyl (C=O) groups excluding carboxylic acids is 1. The van der Waals surface area contributed by atoms with Crippen LogP contribution in [0.25, 0.3) is 0 Å². The lowest BCUT2D eigenvalue weighted by molar-refractivity contribution is 0.100. The quantitative estimate of drug-likeness (QED) is 0.538. The highest BCUT2D eigenvalue weighted by atomic mass is 16.5. The maximum Gasteiger partial charge on any atom is 0.248 e. The van der Waals surface area contributed by atoms with Gasteiger partial charge in [0, 0.05) is 11.6 Å². The van der Waals surface area contributed by atoms with E-state index in [1.54, 1.807) is 30.3 Å². The Morgan fingerprint density at radius 3 is 2.56 bits per heavy atom. The van der Waals surface area contributed by atoms with E-state index in [1.165, 1.54) is 6.33 Å². The van der Waals surface area contributed by atoms with Crippen LogP contribution in [0.2, 0.25) is 0 Å². The van der Waals surface area contributed by atoms with Crippen molar-refractivity contribution in [1.82, 2.24) is 9.97 Å². The molecule has 2 aromatic rings. The molecule has 0 fully saturated rings. The molecule has 5 N–H and O–H groups in total. The van der Waals surface area contributed by atoms with Crippen LogP contribution >= 0.6 is 0 Å². The van der Waals surface area contributed by atoms with Crippen LogP contribution < -0.4 is 21.7 Å². The van der Waals surface area contributed by atoms with Crippen LogP contribution in [0.4, 0.5) is 5.82 Å². The summed E-state index contributed by atoms with van der Waals surface area (Å²) in [5, 5.41) is 0. The Kier molecular flexibility index (Phi) is 3.35. The Hall–Kier alpha value is -2.67. The van der Waals surface area contributed by atoms with Crippen LogP contribution in [0.1, 0.15) is 10.4 Å². The fraction of sp³-hybridized carbons (Fsp3) is 0. The molecule has 18 heavy (non-hydrogen) atoms. The second-order valence-electron chi connectivity index (χ2n) is 3.38. The highest BCUT2D eigenvalue weighted by molar-refractivity contribution is 5.92. The molecule has 1 aromatic heterocycles. The third kappa shape index (κ3) is 2.71. The van der Waals surface area contributed by atoms with E-state index < -0.39 is 5.91 Å². The maximum absolute atomic E-state index is 10.9. The number of carbonyl (C=O) groups is 1. The summed E-state index contributed by atoms with van der Waals surface area (Å²) < 4.78 is 5.46. The molecular formula is C11H11N5O2. The molecule has 0 bridgehead atoms. The zero-order valence-corrected chi connectivity index (χ0v) is 9.33. The molecule has 1 amide bonds. The first kappa shape index (κ1) is 11.8. The topological polar surface area (TPSA) is 116 Å². The molecule has 1 aromatic carbocycles. The van der Waals surface area contributed by atoms with Crippen LogP contribution in [0.3, 0.4) is 0 Å². The zero-order valence-electron chi connectivity index (χ0n) is 9.33. The lowest BCUT2D eigenvalue weighted by atomic mass is 10.2. The van der Waals surface area contributed by atoms with Crippen LogP contribution in [-0.4, -0.2) is 15.9 Å². The van der Waals surface area contributed by atoms with Crippen molar-refractivity contribution in [3.63, 3.8) is 0 Å². The lowest BCUT2D eigenvalue weighted by Crippen LogP contribution is -2.10. The second kappa shape index (κ2) is 5.11. The Morgan fingerprint density at radius 1 is 1.22 bits per heavy atom. The number of rotatable bonds is 4. The van der Waals surface area contributed by atoms with Crippen LogP contribution in [0, 0.1) is 0 Å². The van der Waals surface area contributed by atoms with Crippen molar-refractivity contribution < 1.29 is 9.53 Å². The summed E-state index contributed by atoms with van der Waals surface area (Å²) in [5.41, 5.74) is 7.93. The molecule has 0 aliphatic carbocycles. The summed E-state index contributed by atoms with van der Waals surface area (Å²) in [6.45, 7) is 0. The molecule has 0 aliphatic rings. The number of nitrogens with two attached hydrogens (primary N) is 2. The number of benzene rings is 1. The Balaban J connectivity index is 2.15. The molecule has 0 aliphatic heterocycles. The van der Waals surface area contributed by atoms with Crippen LogP contribution in [0.5, 0.6) is 11.6 Å². The normalized spacial score (nSPS) is 9.83. The Labute approximate surface area is 103 Å². The van der Waals surface area contributed by atoms with Gasteiger partial charge in [-0.2, -0.15) is 0 Å². The number of nitrogens with one attached hydrogen (secondary N) is 1. The van der Waals surface area contributed by atoms with Gasteiger partial charge in [-0.05, 0) is 24.3 Å². The fourth-order valence-electron chi connectivity index (χ4n) is 1.28. The first-order valence-electron chi connectivity index (χ1n) is 5.05. The van der Waals surface area contributed by atoms with Crippen molar-refractivity contribution in [2.75, 3.05) is 5.43 Å². The second-order valence-corrected chi connectivity index (χ2v) is 3.38. The third-order valence-corrected chi connectivity index (χ3v) is 2.15. The molecule has 0 unspecified atom stereocenters. The summed E-state index contributed by atoms with van der Waals surface area (Å²) in [6.07, 6.45) is 1.32. The molecule has 0 saturated heterocycles. The maximum atomic E-state index is 10.9. The van der Waals surface area contributed by atoms with Gasteiger partial charge >= 0.3 is 0 Å². The van der Waals surface area contributed by atoms with E-state index in [4.69, 9.17) is 16.3 Å². The average Bonchev–Trinajstić information content (AvgIpc) is 2.39. The average molecular weight is 245 g/mol. The number of anilines is 1. The van der Waals surface area contributed by atoms with Gasteiger partial charge < -0.3 is 15.9 Å². The summed E-state index contributed by atoms with van der Waals surface area (Å²) in [5.74, 6) is 6.04. The first-order chi connectivity index (χ1) is 8.69. The number of hydrogen-bond donors (Lipinski definition) is 3. The van der Waals surface area contributed by atoms with E-state index in [0.29, 0.717) is 23.0 Å². The van der Waals surface area contributed by atoms with Crippen molar-refractivity contribution in [2.24, 2.45) is 11.6 Å². The van der Waals surface area contributed by atoms with Gasteiger partial charge in [0.1, 0.15) is 17.9 Å². The van der Waals surface area contributed by atoms with Crippen molar-refractivity contribution in [3.8, 4) is 11.6 Å². The van der Waals surface area contributed by atoms with E-state index >= 15 is 0 Å². The van der Waals surface area contributed by atoms with Gasteiger partial charge in [0.25, 0.3) is 0 Å². The third-order valence-electron chi connectivity index (χ3n) is 2.15. The highest BCUT2D eigenvalue weighted by Crippen LogP contribution is 2.20. The summed E-state index contributed by atoms with van der Waals surface area (Å²) in [6, 6.07) is 7.93. The number of nitrogens with zero attached hydrogens (tertiary/aromatic N) is 2. The predicted molar refractivity (Wildman–Crippen MR) is 64.9 cm³/mol. The number of hydrogen-bond acceptors (Lipinski definition) is 6. The van der Waals surface area contributed by atoms with Gasteiger partial charge in [-0.25, -0.2) is 15.8 Å². The molecule has 2 rings (SSSR count). The van der Waals surface area contributed by atoms with Gasteiger partial charge in [-0.1, -0.05) is 0 Å². The number of nitrogen functional groups attached to an aromatic ring is 1. The molecule has 0 radical (unpaired) electrons. The molecule has 7 heteroatoms. The van der Waals surface area contributed by atoms with Gasteiger partial charge in [-0.15, -0.1) is 0 Å². The Morgan fingerprint density at radius 2 is 1.94 bits per heavy atom. The number of primary amides is 1. The molecule has 7 nitrogen and oxygen atoms in total. The first-order valence-corrected chi connectivity index (χ1v) is 5.05. The molecule has 0 atom stereocenters. The smallest absolute Gasteiger partial charge is 0.248 e. The monoisotopic (exact) mass is 245 g/mol. The zero-order chi connectivity index (χ0) is 13.0. The fourth-order valence-corrected chi connectivity index (χ4v) is 1.28. The molecule has 0 spiro atoms. The molecule has 1 heterocycles. The summed E-state index contributed by atoms with van der Waals surface area (Å²) in [7, 11) is 0. The molecular weight excluding hydrogens is 234 g/mol. The number of amides is 1. The van der Waals surface area contributed by atoms with Crippen molar-refractivity contribution in [3.05, 3.63) is 42.2 Å². The van der Waals surface area contributed by atoms with Crippen molar-refractivity contribution in [2.45, 2.75) is 0 Å². The van der Waals surface area contributed by atoms with E-state index in [1.807, 2.05) is 0 Å². The summed E-state index contributed by atoms with van der Waals surface area (Å²) in [4.78, 5) is 18.7.